The third-order valence-corrected chi connectivity index (χ3v) is 4.06. The van der Waals surface area contributed by atoms with Crippen molar-refractivity contribution in [2.45, 2.75) is 19.4 Å². The van der Waals surface area contributed by atoms with Crippen LogP contribution in [-0.2, 0) is 17.8 Å². The smallest absolute Gasteiger partial charge is 0.229 e. The number of amides is 1. The number of H-pyrrole nitrogens is 1. The number of carbonyl (C=O) groups excluding carboxylic acids is 1. The van der Waals surface area contributed by atoms with E-state index in [0.717, 1.165) is 36.0 Å². The van der Waals surface area contributed by atoms with Gasteiger partial charge in [-0.15, -0.1) is 0 Å². The molecule has 0 fully saturated rings. The maximum Gasteiger partial charge on any atom is 0.229 e. The van der Waals surface area contributed by atoms with Crippen LogP contribution in [0, 0.1) is 5.92 Å². The number of anilines is 1. The Bertz CT molecular complexity index is 803. The molecule has 1 amide bonds. The van der Waals surface area contributed by atoms with Crippen LogP contribution in [0.4, 0.5) is 5.82 Å². The van der Waals surface area contributed by atoms with Gasteiger partial charge >= 0.3 is 0 Å². The maximum absolute atomic E-state index is 12.4. The normalized spacial score (nSPS) is 17.6. The molecule has 0 saturated heterocycles. The van der Waals surface area contributed by atoms with E-state index in [9.17, 15) is 4.79 Å². The Labute approximate surface area is 121 Å². The van der Waals surface area contributed by atoms with Crippen molar-refractivity contribution in [2.24, 2.45) is 5.92 Å². The van der Waals surface area contributed by atoms with Crippen molar-refractivity contribution < 1.29 is 4.79 Å². The van der Waals surface area contributed by atoms with Crippen LogP contribution in [0.1, 0.15) is 12.1 Å². The van der Waals surface area contributed by atoms with Gasteiger partial charge in [-0.2, -0.15) is 5.10 Å². The number of hydrogen-bond acceptors (Lipinski definition) is 3. The predicted octanol–water partition coefficient (Wildman–Crippen LogP) is 1.96. The molecule has 1 unspecified atom stereocenters. The number of aryl methyl sites for hydroxylation is 1. The van der Waals surface area contributed by atoms with Gasteiger partial charge in [-0.05, 0) is 18.6 Å². The Balaban J connectivity index is 1.54. The summed E-state index contributed by atoms with van der Waals surface area (Å²) >= 11 is 0. The average Bonchev–Trinajstić information content (AvgIpc) is 3.13. The first-order valence-electron chi connectivity index (χ1n) is 7.04. The molecule has 1 aliphatic heterocycles. The predicted molar refractivity (Wildman–Crippen MR) is 78.8 cm³/mol. The molecule has 0 saturated carbocycles. The summed E-state index contributed by atoms with van der Waals surface area (Å²) in [4.78, 5) is 16.6. The van der Waals surface area contributed by atoms with E-state index in [0.29, 0.717) is 5.82 Å². The molecule has 3 heterocycles. The van der Waals surface area contributed by atoms with Crippen molar-refractivity contribution in [1.29, 1.82) is 0 Å². The number of para-hydroxylation sites is 1. The second kappa shape index (κ2) is 4.73. The van der Waals surface area contributed by atoms with Crippen LogP contribution in [0.15, 0.2) is 36.8 Å². The molecule has 6 heteroatoms. The zero-order valence-corrected chi connectivity index (χ0v) is 11.4. The van der Waals surface area contributed by atoms with E-state index >= 15 is 0 Å². The fourth-order valence-electron chi connectivity index (χ4n) is 2.87. The van der Waals surface area contributed by atoms with Gasteiger partial charge in [0.2, 0.25) is 5.91 Å². The molecule has 6 nitrogen and oxygen atoms in total. The molecule has 0 spiro atoms. The number of carbonyl (C=O) groups is 1. The minimum Gasteiger partial charge on any atom is -0.335 e. The van der Waals surface area contributed by atoms with E-state index in [1.54, 1.807) is 0 Å². The summed E-state index contributed by atoms with van der Waals surface area (Å²) in [6.07, 6.45) is 5.22. The first-order valence-corrected chi connectivity index (χ1v) is 7.04. The maximum atomic E-state index is 12.4. The van der Waals surface area contributed by atoms with E-state index in [1.807, 2.05) is 36.8 Å². The van der Waals surface area contributed by atoms with Crippen LogP contribution in [0.2, 0.25) is 0 Å². The summed E-state index contributed by atoms with van der Waals surface area (Å²) < 4.78 is 2.10. The van der Waals surface area contributed by atoms with Crippen molar-refractivity contribution in [3.8, 4) is 0 Å². The largest absolute Gasteiger partial charge is 0.335 e. The Morgan fingerprint density at radius 3 is 3.24 bits per heavy atom. The van der Waals surface area contributed by atoms with Crippen molar-refractivity contribution in [3.63, 3.8) is 0 Å². The van der Waals surface area contributed by atoms with Crippen LogP contribution >= 0.6 is 0 Å². The van der Waals surface area contributed by atoms with E-state index in [2.05, 4.69) is 25.1 Å². The fraction of sp³-hybridized carbons (Fsp3) is 0.267. The van der Waals surface area contributed by atoms with Gasteiger partial charge in [0.1, 0.15) is 0 Å². The Kier molecular flexibility index (Phi) is 2.73. The quantitative estimate of drug-likeness (QED) is 0.754. The topological polar surface area (TPSA) is 75.6 Å². The second-order valence-electron chi connectivity index (χ2n) is 5.38. The summed E-state index contributed by atoms with van der Waals surface area (Å²) in [5.41, 5.74) is 2.04. The zero-order chi connectivity index (χ0) is 14.2. The summed E-state index contributed by atoms with van der Waals surface area (Å²) in [5.74, 6) is 0.610. The van der Waals surface area contributed by atoms with Crippen molar-refractivity contribution in [1.82, 2.24) is 19.7 Å². The number of benzene rings is 1. The number of aromatic amines is 1. The van der Waals surface area contributed by atoms with Crippen LogP contribution in [-0.4, -0.2) is 25.7 Å². The summed E-state index contributed by atoms with van der Waals surface area (Å²) in [6, 6.07) is 7.77. The number of hydrogen-bond donors (Lipinski definition) is 2. The van der Waals surface area contributed by atoms with Gasteiger partial charge in [-0.3, -0.25) is 9.89 Å². The average molecular weight is 281 g/mol. The number of imidazole rings is 1. The molecular formula is C15H15N5O. The molecule has 21 heavy (non-hydrogen) atoms. The molecule has 1 atom stereocenters. The third kappa shape index (κ3) is 2.08. The molecular weight excluding hydrogens is 266 g/mol. The Morgan fingerprint density at radius 2 is 2.29 bits per heavy atom. The minimum absolute atomic E-state index is 0.0235. The standard InChI is InChI=1S/C15H15N5O/c21-15(10-5-6-20-9-16-8-11(20)7-10)17-14-12-3-1-2-4-13(12)18-19-14/h1-4,8-10H,5-7H2,(H2,17,18,19,21). The SMILES string of the molecule is O=C(Nc1n[nH]c2ccccc12)C1CCn2cncc2C1. The molecule has 106 valence electrons. The number of fused-ring (bicyclic) bond motifs is 2. The lowest BCUT2D eigenvalue weighted by atomic mass is 9.95. The number of nitrogens with zero attached hydrogens (tertiary/aromatic N) is 3. The van der Waals surface area contributed by atoms with Crippen molar-refractivity contribution >= 4 is 22.6 Å². The van der Waals surface area contributed by atoms with Gasteiger partial charge < -0.3 is 9.88 Å². The lowest BCUT2D eigenvalue weighted by Crippen LogP contribution is -2.30. The summed E-state index contributed by atoms with van der Waals surface area (Å²) in [5, 5.41) is 11.0. The highest BCUT2D eigenvalue weighted by Gasteiger charge is 2.25. The molecule has 0 aliphatic carbocycles. The molecule has 3 aromatic rings. The highest BCUT2D eigenvalue weighted by atomic mass is 16.2. The molecule has 1 aromatic carbocycles. The van der Waals surface area contributed by atoms with Gasteiger partial charge in [0.15, 0.2) is 5.82 Å². The number of nitrogens with one attached hydrogen (secondary N) is 2. The molecule has 0 bridgehead atoms. The van der Waals surface area contributed by atoms with Crippen molar-refractivity contribution in [2.75, 3.05) is 5.32 Å². The lowest BCUT2D eigenvalue weighted by Gasteiger charge is -2.22. The van der Waals surface area contributed by atoms with Gasteiger partial charge in [-0.25, -0.2) is 4.98 Å². The van der Waals surface area contributed by atoms with Gasteiger partial charge in [-0.1, -0.05) is 12.1 Å². The monoisotopic (exact) mass is 281 g/mol. The van der Waals surface area contributed by atoms with E-state index in [4.69, 9.17) is 0 Å². The van der Waals surface area contributed by atoms with E-state index < -0.39 is 0 Å². The molecule has 4 rings (SSSR count). The van der Waals surface area contributed by atoms with Crippen LogP contribution in [0.5, 0.6) is 0 Å². The third-order valence-electron chi connectivity index (χ3n) is 4.06. The Morgan fingerprint density at radius 1 is 1.38 bits per heavy atom. The van der Waals surface area contributed by atoms with Crippen molar-refractivity contribution in [3.05, 3.63) is 42.5 Å². The van der Waals surface area contributed by atoms with E-state index in [-0.39, 0.29) is 11.8 Å². The Hall–Kier alpha value is -2.63. The molecule has 2 aromatic heterocycles. The van der Waals surface area contributed by atoms with Crippen LogP contribution in [0.25, 0.3) is 10.9 Å². The molecule has 2 N–H and O–H groups in total. The fourth-order valence-corrected chi connectivity index (χ4v) is 2.87. The summed E-state index contributed by atoms with van der Waals surface area (Å²) in [6.45, 7) is 0.842. The van der Waals surface area contributed by atoms with Crippen LogP contribution < -0.4 is 5.32 Å². The van der Waals surface area contributed by atoms with E-state index in [1.165, 1.54) is 0 Å². The van der Waals surface area contributed by atoms with Crippen LogP contribution in [0.3, 0.4) is 0 Å². The highest BCUT2D eigenvalue weighted by Crippen LogP contribution is 2.24. The molecule has 1 aliphatic rings. The molecule has 0 radical (unpaired) electrons. The number of rotatable bonds is 2. The van der Waals surface area contributed by atoms with Gasteiger partial charge in [0.25, 0.3) is 0 Å². The number of aromatic nitrogens is 4. The summed E-state index contributed by atoms with van der Waals surface area (Å²) in [7, 11) is 0. The first-order chi connectivity index (χ1) is 10.3. The van der Waals surface area contributed by atoms with Gasteiger partial charge in [0, 0.05) is 36.2 Å². The second-order valence-corrected chi connectivity index (χ2v) is 5.38. The first kappa shape index (κ1) is 12.1. The lowest BCUT2D eigenvalue weighted by molar-refractivity contribution is -0.120. The van der Waals surface area contributed by atoms with Gasteiger partial charge in [0.05, 0.1) is 11.8 Å². The minimum atomic E-state index is -0.0235. The zero-order valence-electron chi connectivity index (χ0n) is 11.4. The highest BCUT2D eigenvalue weighted by molar-refractivity contribution is 6.00.